The van der Waals surface area contributed by atoms with Crippen LogP contribution in [-0.4, -0.2) is 5.91 Å². The predicted molar refractivity (Wildman–Crippen MR) is 86.9 cm³/mol. The van der Waals surface area contributed by atoms with Crippen LogP contribution in [0, 0.1) is 18.8 Å². The average molecular weight is 275 g/mol. The molecule has 0 fully saturated rings. The molecule has 0 bridgehead atoms. The molecule has 0 aliphatic heterocycles. The monoisotopic (exact) mass is 275 g/mol. The van der Waals surface area contributed by atoms with E-state index in [1.165, 1.54) is 18.4 Å². The van der Waals surface area contributed by atoms with Crippen LogP contribution >= 0.6 is 0 Å². The summed E-state index contributed by atoms with van der Waals surface area (Å²) in [6, 6.07) is 8.00. The molecule has 0 aliphatic rings. The van der Waals surface area contributed by atoms with Gasteiger partial charge in [0.05, 0.1) is 0 Å². The number of carbonyl (C=O) groups is 1. The van der Waals surface area contributed by atoms with E-state index in [1.54, 1.807) is 0 Å². The standard InChI is InChI=1S/C18H29NO/c1-5-9-16(15(6-2)7-3)13-18(20)19-17-11-8-10-14(4)12-17/h8,10-12,15-16H,5-7,9,13H2,1-4H3,(H,19,20). The minimum absolute atomic E-state index is 0.154. The molecule has 2 heteroatoms. The quantitative estimate of drug-likeness (QED) is 0.696. The van der Waals surface area contributed by atoms with Crippen LogP contribution in [0.5, 0.6) is 0 Å². The molecule has 0 saturated carbocycles. The largest absolute Gasteiger partial charge is 0.326 e. The van der Waals surface area contributed by atoms with E-state index in [0.717, 1.165) is 18.5 Å². The van der Waals surface area contributed by atoms with Gasteiger partial charge in [-0.25, -0.2) is 0 Å². The second-order valence-corrected chi connectivity index (χ2v) is 5.75. The summed E-state index contributed by atoms with van der Waals surface area (Å²) in [4.78, 5) is 12.2. The van der Waals surface area contributed by atoms with Crippen LogP contribution < -0.4 is 5.32 Å². The molecule has 0 saturated heterocycles. The zero-order chi connectivity index (χ0) is 15.0. The minimum atomic E-state index is 0.154. The fraction of sp³-hybridized carbons (Fsp3) is 0.611. The third-order valence-electron chi connectivity index (χ3n) is 4.12. The lowest BCUT2D eigenvalue weighted by molar-refractivity contribution is -0.117. The molecular formula is C18H29NO. The Hall–Kier alpha value is -1.31. The third kappa shape index (κ3) is 5.36. The van der Waals surface area contributed by atoms with Gasteiger partial charge in [0.15, 0.2) is 0 Å². The molecule has 1 unspecified atom stereocenters. The summed E-state index contributed by atoms with van der Waals surface area (Å²) in [5.41, 5.74) is 2.09. The minimum Gasteiger partial charge on any atom is -0.326 e. The van der Waals surface area contributed by atoms with Crippen LogP contribution in [0.4, 0.5) is 5.69 Å². The first-order valence-electron chi connectivity index (χ1n) is 7.97. The van der Waals surface area contributed by atoms with E-state index in [9.17, 15) is 4.79 Å². The average Bonchev–Trinajstić information content (AvgIpc) is 2.40. The van der Waals surface area contributed by atoms with E-state index in [1.807, 2.05) is 31.2 Å². The van der Waals surface area contributed by atoms with Crippen molar-refractivity contribution in [1.29, 1.82) is 0 Å². The molecule has 1 N–H and O–H groups in total. The van der Waals surface area contributed by atoms with Gasteiger partial charge in [-0.3, -0.25) is 4.79 Å². The van der Waals surface area contributed by atoms with Crippen molar-refractivity contribution in [3.05, 3.63) is 29.8 Å². The highest BCUT2D eigenvalue weighted by atomic mass is 16.1. The molecule has 1 atom stereocenters. The summed E-state index contributed by atoms with van der Waals surface area (Å²) < 4.78 is 0. The van der Waals surface area contributed by atoms with Gasteiger partial charge in [0.2, 0.25) is 5.91 Å². The molecule has 2 nitrogen and oxygen atoms in total. The van der Waals surface area contributed by atoms with Gasteiger partial charge in [0, 0.05) is 12.1 Å². The molecular weight excluding hydrogens is 246 g/mol. The number of anilines is 1. The third-order valence-corrected chi connectivity index (χ3v) is 4.12. The van der Waals surface area contributed by atoms with E-state index >= 15 is 0 Å². The maximum Gasteiger partial charge on any atom is 0.224 e. The molecule has 1 aromatic rings. The molecule has 112 valence electrons. The van der Waals surface area contributed by atoms with E-state index < -0.39 is 0 Å². The smallest absolute Gasteiger partial charge is 0.224 e. The zero-order valence-electron chi connectivity index (χ0n) is 13.4. The number of amides is 1. The van der Waals surface area contributed by atoms with Crippen LogP contribution in [0.25, 0.3) is 0 Å². The molecule has 0 radical (unpaired) electrons. The van der Waals surface area contributed by atoms with Gasteiger partial charge in [-0.1, -0.05) is 52.2 Å². The second-order valence-electron chi connectivity index (χ2n) is 5.75. The second kappa shape index (κ2) is 8.78. The van der Waals surface area contributed by atoms with E-state index in [-0.39, 0.29) is 5.91 Å². The summed E-state index contributed by atoms with van der Waals surface area (Å²) in [6.45, 7) is 8.71. The molecule has 0 aliphatic carbocycles. The predicted octanol–water partition coefficient (Wildman–Crippen LogP) is 5.18. The Bertz CT molecular complexity index is 410. The van der Waals surface area contributed by atoms with Gasteiger partial charge in [-0.2, -0.15) is 0 Å². The molecule has 1 rings (SSSR count). The molecule has 0 spiro atoms. The Kier molecular flexibility index (Phi) is 7.35. The highest BCUT2D eigenvalue weighted by molar-refractivity contribution is 5.90. The van der Waals surface area contributed by atoms with Crippen molar-refractivity contribution >= 4 is 11.6 Å². The topological polar surface area (TPSA) is 29.1 Å². The number of rotatable bonds is 8. The van der Waals surface area contributed by atoms with Crippen molar-refractivity contribution in [3.63, 3.8) is 0 Å². The molecule has 1 aromatic carbocycles. The number of nitrogens with one attached hydrogen (secondary N) is 1. The van der Waals surface area contributed by atoms with Gasteiger partial charge in [0.1, 0.15) is 0 Å². The highest BCUT2D eigenvalue weighted by Gasteiger charge is 2.20. The maximum atomic E-state index is 12.2. The SMILES string of the molecule is CCCC(CC(=O)Nc1cccc(C)c1)C(CC)CC. The Labute approximate surface area is 124 Å². The normalized spacial score (nSPS) is 12.4. The Morgan fingerprint density at radius 1 is 1.15 bits per heavy atom. The molecule has 20 heavy (non-hydrogen) atoms. The van der Waals surface area contributed by atoms with Crippen LogP contribution in [0.1, 0.15) is 58.4 Å². The zero-order valence-corrected chi connectivity index (χ0v) is 13.4. The first kappa shape index (κ1) is 16.7. The number of hydrogen-bond donors (Lipinski definition) is 1. The van der Waals surface area contributed by atoms with Crippen molar-refractivity contribution in [1.82, 2.24) is 0 Å². The fourth-order valence-electron chi connectivity index (χ4n) is 3.00. The van der Waals surface area contributed by atoms with Gasteiger partial charge < -0.3 is 5.32 Å². The lowest BCUT2D eigenvalue weighted by Gasteiger charge is -2.24. The summed E-state index contributed by atoms with van der Waals surface area (Å²) in [6.07, 6.45) is 5.28. The van der Waals surface area contributed by atoms with E-state index in [2.05, 4.69) is 26.1 Å². The molecule has 0 aromatic heterocycles. The summed E-state index contributed by atoms with van der Waals surface area (Å²) >= 11 is 0. The van der Waals surface area contributed by atoms with Crippen molar-refractivity contribution < 1.29 is 4.79 Å². The summed E-state index contributed by atoms with van der Waals surface area (Å²) in [5, 5.41) is 3.04. The lowest BCUT2D eigenvalue weighted by atomic mass is 9.82. The number of aryl methyl sites for hydroxylation is 1. The number of hydrogen-bond acceptors (Lipinski definition) is 1. The van der Waals surface area contributed by atoms with Crippen molar-refractivity contribution in [2.24, 2.45) is 11.8 Å². The number of benzene rings is 1. The maximum absolute atomic E-state index is 12.2. The number of carbonyl (C=O) groups excluding carboxylic acids is 1. The van der Waals surface area contributed by atoms with Gasteiger partial charge in [-0.05, 0) is 42.9 Å². The van der Waals surface area contributed by atoms with Crippen molar-refractivity contribution in [2.75, 3.05) is 5.32 Å². The van der Waals surface area contributed by atoms with Crippen LogP contribution in [-0.2, 0) is 4.79 Å². The summed E-state index contributed by atoms with van der Waals surface area (Å²) in [7, 11) is 0. The first-order chi connectivity index (χ1) is 9.60. The Morgan fingerprint density at radius 3 is 2.40 bits per heavy atom. The van der Waals surface area contributed by atoms with Crippen LogP contribution in [0.3, 0.4) is 0 Å². The van der Waals surface area contributed by atoms with Crippen LogP contribution in [0.15, 0.2) is 24.3 Å². The fourth-order valence-corrected chi connectivity index (χ4v) is 3.00. The van der Waals surface area contributed by atoms with Gasteiger partial charge in [-0.15, -0.1) is 0 Å². The lowest BCUT2D eigenvalue weighted by Crippen LogP contribution is -2.22. The van der Waals surface area contributed by atoms with Crippen molar-refractivity contribution in [3.8, 4) is 0 Å². The molecule has 1 amide bonds. The Balaban J connectivity index is 2.61. The van der Waals surface area contributed by atoms with Gasteiger partial charge >= 0.3 is 0 Å². The van der Waals surface area contributed by atoms with Crippen molar-refractivity contribution in [2.45, 2.75) is 59.8 Å². The highest BCUT2D eigenvalue weighted by Crippen LogP contribution is 2.27. The summed E-state index contributed by atoms with van der Waals surface area (Å²) in [5.74, 6) is 1.33. The van der Waals surface area contributed by atoms with E-state index in [4.69, 9.17) is 0 Å². The van der Waals surface area contributed by atoms with Crippen LogP contribution in [0.2, 0.25) is 0 Å². The first-order valence-corrected chi connectivity index (χ1v) is 7.97. The van der Waals surface area contributed by atoms with E-state index in [0.29, 0.717) is 18.3 Å². The molecule has 0 heterocycles. The Morgan fingerprint density at radius 2 is 1.85 bits per heavy atom. The van der Waals surface area contributed by atoms with Gasteiger partial charge in [0.25, 0.3) is 0 Å².